The lowest BCUT2D eigenvalue weighted by atomic mass is 10.1. The second-order valence-electron chi connectivity index (χ2n) is 5.65. The van der Waals surface area contributed by atoms with E-state index in [1.54, 1.807) is 7.11 Å². The number of hydrogen-bond donors (Lipinski definition) is 1. The predicted octanol–water partition coefficient (Wildman–Crippen LogP) is 3.39. The van der Waals surface area contributed by atoms with Crippen LogP contribution in [0.4, 0.5) is 5.82 Å². The topological polar surface area (TPSA) is 62.9 Å². The second-order valence-corrected chi connectivity index (χ2v) is 5.65. The Morgan fingerprint density at radius 2 is 1.88 bits per heavy atom. The smallest absolute Gasteiger partial charge is 0.133 e. The molecule has 5 nitrogen and oxygen atoms in total. The first-order valence-electron chi connectivity index (χ1n) is 7.81. The van der Waals surface area contributed by atoms with Crippen LogP contribution in [0.25, 0.3) is 16.9 Å². The molecule has 2 aromatic carbocycles. The molecule has 0 aliphatic carbocycles. The van der Waals surface area contributed by atoms with Gasteiger partial charge in [-0.05, 0) is 55.0 Å². The zero-order valence-electron chi connectivity index (χ0n) is 13.3. The average molecular weight is 316 g/mol. The summed E-state index contributed by atoms with van der Waals surface area (Å²) in [7, 11) is 1.66. The molecule has 4 rings (SSSR count). The summed E-state index contributed by atoms with van der Waals surface area (Å²) in [5, 5.41) is 17.2. The van der Waals surface area contributed by atoms with Gasteiger partial charge in [0.15, 0.2) is 0 Å². The molecule has 0 radical (unpaired) electrons. The van der Waals surface area contributed by atoms with Crippen LogP contribution in [-0.2, 0) is 6.42 Å². The van der Waals surface area contributed by atoms with E-state index in [9.17, 15) is 0 Å². The van der Waals surface area contributed by atoms with Crippen LogP contribution in [0.1, 0.15) is 11.1 Å². The molecule has 1 aliphatic heterocycles. The lowest BCUT2D eigenvalue weighted by Gasteiger charge is -2.06. The molecule has 5 heteroatoms. The highest BCUT2D eigenvalue weighted by Gasteiger charge is 2.23. The summed E-state index contributed by atoms with van der Waals surface area (Å²) >= 11 is 0. The molecule has 0 unspecified atom stereocenters. The molecule has 118 valence electrons. The largest absolute Gasteiger partial charge is 0.497 e. The van der Waals surface area contributed by atoms with E-state index >= 15 is 0 Å². The van der Waals surface area contributed by atoms with Crippen LogP contribution in [0, 0.1) is 11.3 Å². The van der Waals surface area contributed by atoms with E-state index in [1.165, 1.54) is 5.56 Å². The summed E-state index contributed by atoms with van der Waals surface area (Å²) in [6.07, 6.45) is 0.951. The summed E-state index contributed by atoms with van der Waals surface area (Å²) in [6, 6.07) is 17.6. The van der Waals surface area contributed by atoms with Crippen molar-refractivity contribution in [3.05, 3.63) is 59.7 Å². The molecule has 1 N–H and O–H groups in total. The maximum Gasteiger partial charge on any atom is 0.133 e. The average Bonchev–Trinajstić information content (AvgIpc) is 3.24. The Balaban J connectivity index is 1.80. The number of aromatic nitrogens is 2. The summed E-state index contributed by atoms with van der Waals surface area (Å²) in [5.74, 6) is 1.87. The lowest BCUT2D eigenvalue weighted by molar-refractivity contribution is 0.415. The molecular formula is C19H16N4O. The number of hydrogen-bond acceptors (Lipinski definition) is 4. The van der Waals surface area contributed by atoms with Crippen molar-refractivity contribution in [1.82, 2.24) is 9.78 Å². The number of methoxy groups -OCH3 is 1. The zero-order valence-corrected chi connectivity index (χ0v) is 13.3. The highest BCUT2D eigenvalue weighted by atomic mass is 16.5. The van der Waals surface area contributed by atoms with E-state index in [4.69, 9.17) is 15.1 Å². The van der Waals surface area contributed by atoms with Crippen LogP contribution in [0.15, 0.2) is 48.5 Å². The predicted molar refractivity (Wildman–Crippen MR) is 92.5 cm³/mol. The van der Waals surface area contributed by atoms with Gasteiger partial charge in [0.25, 0.3) is 0 Å². The number of nitrogens with one attached hydrogen (secondary N) is 1. The summed E-state index contributed by atoms with van der Waals surface area (Å²) < 4.78 is 7.15. The molecule has 1 aromatic heterocycles. The Morgan fingerprint density at radius 1 is 1.12 bits per heavy atom. The quantitative estimate of drug-likeness (QED) is 0.804. The minimum Gasteiger partial charge on any atom is -0.497 e. The fourth-order valence-electron chi connectivity index (χ4n) is 3.02. The maximum absolute atomic E-state index is 8.95. The van der Waals surface area contributed by atoms with Crippen molar-refractivity contribution in [2.24, 2.45) is 0 Å². The highest BCUT2D eigenvalue weighted by molar-refractivity contribution is 5.73. The fraction of sp³-hybridized carbons (Fsp3) is 0.158. The van der Waals surface area contributed by atoms with E-state index in [2.05, 4.69) is 11.4 Å². The fourth-order valence-corrected chi connectivity index (χ4v) is 3.02. The molecule has 0 saturated carbocycles. The van der Waals surface area contributed by atoms with E-state index in [0.29, 0.717) is 5.56 Å². The second kappa shape index (κ2) is 5.74. The van der Waals surface area contributed by atoms with Crippen LogP contribution < -0.4 is 10.1 Å². The summed E-state index contributed by atoms with van der Waals surface area (Å²) in [4.78, 5) is 0. The maximum atomic E-state index is 8.95. The van der Waals surface area contributed by atoms with Crippen LogP contribution in [0.2, 0.25) is 0 Å². The Labute approximate surface area is 140 Å². The van der Waals surface area contributed by atoms with Crippen molar-refractivity contribution in [3.8, 4) is 28.8 Å². The Hall–Kier alpha value is -3.26. The molecule has 0 bridgehead atoms. The third-order valence-corrected chi connectivity index (χ3v) is 4.26. The van der Waals surface area contributed by atoms with E-state index < -0.39 is 0 Å². The van der Waals surface area contributed by atoms with Crippen molar-refractivity contribution >= 4 is 5.82 Å². The SMILES string of the molecule is COc1ccc(-c2nn(-c3ccc(C#N)cc3)c3c2CCN3)cc1. The van der Waals surface area contributed by atoms with E-state index in [1.807, 2.05) is 53.2 Å². The van der Waals surface area contributed by atoms with Crippen LogP contribution >= 0.6 is 0 Å². The highest BCUT2D eigenvalue weighted by Crippen LogP contribution is 2.35. The Kier molecular flexibility index (Phi) is 3.43. The number of ether oxygens (including phenoxy) is 1. The van der Waals surface area contributed by atoms with Gasteiger partial charge in [-0.2, -0.15) is 10.4 Å². The Morgan fingerprint density at radius 3 is 2.54 bits per heavy atom. The van der Waals surface area contributed by atoms with Crippen LogP contribution in [0.5, 0.6) is 5.75 Å². The van der Waals surface area contributed by atoms with Crippen molar-refractivity contribution < 1.29 is 4.74 Å². The van der Waals surface area contributed by atoms with Gasteiger partial charge >= 0.3 is 0 Å². The van der Waals surface area contributed by atoms with Crippen molar-refractivity contribution in [2.75, 3.05) is 19.0 Å². The van der Waals surface area contributed by atoms with Crippen molar-refractivity contribution in [2.45, 2.75) is 6.42 Å². The Bertz CT molecular complexity index is 918. The monoisotopic (exact) mass is 316 g/mol. The van der Waals surface area contributed by atoms with Gasteiger partial charge in [0.05, 0.1) is 30.1 Å². The van der Waals surface area contributed by atoms with Gasteiger partial charge in [-0.25, -0.2) is 4.68 Å². The van der Waals surface area contributed by atoms with Gasteiger partial charge in [-0.15, -0.1) is 0 Å². The molecule has 24 heavy (non-hydrogen) atoms. The number of rotatable bonds is 3. The first-order chi connectivity index (χ1) is 11.8. The molecule has 1 aliphatic rings. The molecule has 0 atom stereocenters. The lowest BCUT2D eigenvalue weighted by Crippen LogP contribution is -2.04. The minimum atomic E-state index is 0.644. The van der Waals surface area contributed by atoms with Crippen LogP contribution in [-0.4, -0.2) is 23.4 Å². The van der Waals surface area contributed by atoms with Crippen molar-refractivity contribution in [3.63, 3.8) is 0 Å². The van der Waals surface area contributed by atoms with Gasteiger partial charge in [0.1, 0.15) is 11.6 Å². The standard InChI is InChI=1S/C19H16N4O/c1-24-16-8-4-14(5-9-16)18-17-10-11-21-19(17)23(22-18)15-6-2-13(12-20)3-7-15/h2-9,21H,10-11H2,1H3. The molecule has 2 heterocycles. The third kappa shape index (κ3) is 2.29. The third-order valence-electron chi connectivity index (χ3n) is 4.26. The minimum absolute atomic E-state index is 0.644. The van der Waals surface area contributed by atoms with E-state index in [-0.39, 0.29) is 0 Å². The normalized spacial score (nSPS) is 12.3. The van der Waals surface area contributed by atoms with Gasteiger partial charge < -0.3 is 10.1 Å². The summed E-state index contributed by atoms with van der Waals surface area (Å²) in [6.45, 7) is 0.909. The van der Waals surface area contributed by atoms with Gasteiger partial charge in [-0.3, -0.25) is 0 Å². The zero-order chi connectivity index (χ0) is 16.5. The number of nitrogens with zero attached hydrogens (tertiary/aromatic N) is 3. The van der Waals surface area contributed by atoms with Crippen LogP contribution in [0.3, 0.4) is 0 Å². The number of anilines is 1. The first-order valence-corrected chi connectivity index (χ1v) is 7.81. The molecule has 0 fully saturated rings. The van der Waals surface area contributed by atoms with Gasteiger partial charge in [-0.1, -0.05) is 0 Å². The summed E-state index contributed by atoms with van der Waals surface area (Å²) in [5.41, 5.74) is 4.87. The molecule has 3 aromatic rings. The number of fused-ring (bicyclic) bond motifs is 1. The number of nitriles is 1. The molecule has 0 spiro atoms. The number of benzene rings is 2. The molecular weight excluding hydrogens is 300 g/mol. The van der Waals surface area contributed by atoms with Gasteiger partial charge in [0, 0.05) is 17.7 Å². The molecule has 0 saturated heterocycles. The first kappa shape index (κ1) is 14.3. The van der Waals surface area contributed by atoms with Crippen molar-refractivity contribution in [1.29, 1.82) is 5.26 Å². The van der Waals surface area contributed by atoms with Gasteiger partial charge in [0.2, 0.25) is 0 Å². The van der Waals surface area contributed by atoms with E-state index in [0.717, 1.165) is 41.5 Å². The molecule has 0 amide bonds.